The van der Waals surface area contributed by atoms with Gasteiger partial charge >= 0.3 is 0 Å². The average molecular weight is 653 g/mol. The van der Waals surface area contributed by atoms with E-state index in [-0.39, 0.29) is 0 Å². The van der Waals surface area contributed by atoms with Crippen molar-refractivity contribution < 1.29 is 4.42 Å². The number of fused-ring (bicyclic) bond motifs is 6. The van der Waals surface area contributed by atoms with Crippen molar-refractivity contribution in [2.45, 2.75) is 0 Å². The molecule has 0 spiro atoms. The Morgan fingerprint density at radius 3 is 1.69 bits per heavy atom. The van der Waals surface area contributed by atoms with Gasteiger partial charge in [0.25, 0.3) is 0 Å². The van der Waals surface area contributed by atoms with Gasteiger partial charge in [-0.2, -0.15) is 0 Å². The van der Waals surface area contributed by atoms with Crippen LogP contribution in [0.3, 0.4) is 0 Å². The predicted octanol–water partition coefficient (Wildman–Crippen LogP) is 11.8. The summed E-state index contributed by atoms with van der Waals surface area (Å²) < 4.78 is 6.77. The summed E-state index contributed by atoms with van der Waals surface area (Å²) in [6, 6.07) is 57.9. The van der Waals surface area contributed by atoms with E-state index in [4.69, 9.17) is 24.4 Å². The van der Waals surface area contributed by atoms with Crippen molar-refractivity contribution in [3.05, 3.63) is 170 Å². The summed E-state index contributed by atoms with van der Waals surface area (Å²) in [6.07, 6.45) is 0. The highest BCUT2D eigenvalue weighted by Gasteiger charge is 2.21. The maximum absolute atomic E-state index is 6.77. The number of aromatic nitrogens is 4. The molecule has 0 N–H and O–H groups in total. The summed E-state index contributed by atoms with van der Waals surface area (Å²) in [4.78, 5) is 20.3. The fourth-order valence-corrected chi connectivity index (χ4v) is 7.14. The third kappa shape index (κ3) is 4.94. The van der Waals surface area contributed by atoms with Crippen LogP contribution >= 0.6 is 0 Å². The quantitative estimate of drug-likeness (QED) is 0.185. The molecule has 7 aromatic carbocycles. The van der Waals surface area contributed by atoms with Gasteiger partial charge in [0.05, 0.1) is 22.0 Å². The van der Waals surface area contributed by atoms with E-state index in [0.717, 1.165) is 71.9 Å². The van der Waals surface area contributed by atoms with Crippen LogP contribution in [0.25, 0.3) is 100 Å². The Labute approximate surface area is 293 Å². The molecule has 3 aromatic heterocycles. The van der Waals surface area contributed by atoms with Crippen molar-refractivity contribution in [3.63, 3.8) is 0 Å². The molecule has 10 aromatic rings. The summed E-state index contributed by atoms with van der Waals surface area (Å²) in [6.45, 7) is 0. The summed E-state index contributed by atoms with van der Waals surface area (Å²) >= 11 is 0. The SMILES string of the molecule is c1ccc(-c2nc(-c3ccccc3)nc(-c3cccc(-c4nc5cccc(-c6cccc7ccccc67)c5c5oc6ccccc6c45)c3)n2)cc1. The van der Waals surface area contributed by atoms with Crippen LogP contribution in [0.4, 0.5) is 0 Å². The smallest absolute Gasteiger partial charge is 0.164 e. The Morgan fingerprint density at radius 2 is 0.922 bits per heavy atom. The highest BCUT2D eigenvalue weighted by molar-refractivity contribution is 6.23. The van der Waals surface area contributed by atoms with Crippen molar-refractivity contribution in [3.8, 4) is 56.5 Å². The molecule has 3 heterocycles. The molecule has 0 bridgehead atoms. The van der Waals surface area contributed by atoms with Crippen molar-refractivity contribution in [2.75, 3.05) is 0 Å². The Kier molecular flexibility index (Phi) is 6.74. The zero-order chi connectivity index (χ0) is 33.7. The number of hydrogen-bond donors (Lipinski definition) is 0. The van der Waals surface area contributed by atoms with E-state index in [1.54, 1.807) is 0 Å². The van der Waals surface area contributed by atoms with E-state index in [2.05, 4.69) is 84.9 Å². The molecule has 0 saturated carbocycles. The van der Waals surface area contributed by atoms with Gasteiger partial charge in [0.15, 0.2) is 17.5 Å². The molecule has 0 fully saturated rings. The second-order valence-corrected chi connectivity index (χ2v) is 12.6. The van der Waals surface area contributed by atoms with Gasteiger partial charge in [-0.05, 0) is 40.1 Å². The number of benzene rings is 7. The molecule has 0 saturated heterocycles. The Hall–Kier alpha value is -6.98. The van der Waals surface area contributed by atoms with E-state index in [1.165, 1.54) is 10.8 Å². The molecular formula is C46H28N4O. The number of rotatable bonds is 5. The molecule has 0 amide bonds. The molecule has 0 aliphatic rings. The van der Waals surface area contributed by atoms with E-state index >= 15 is 0 Å². The van der Waals surface area contributed by atoms with Crippen LogP contribution in [0.15, 0.2) is 174 Å². The maximum Gasteiger partial charge on any atom is 0.164 e. The van der Waals surface area contributed by atoms with E-state index in [1.807, 2.05) is 84.9 Å². The molecule has 0 aliphatic heterocycles. The van der Waals surface area contributed by atoms with E-state index < -0.39 is 0 Å². The van der Waals surface area contributed by atoms with Crippen LogP contribution in [0.2, 0.25) is 0 Å². The highest BCUT2D eigenvalue weighted by Crippen LogP contribution is 2.44. The van der Waals surface area contributed by atoms with Gasteiger partial charge in [0.1, 0.15) is 11.2 Å². The average Bonchev–Trinajstić information content (AvgIpc) is 3.60. The number of para-hydroxylation sites is 1. The zero-order valence-electron chi connectivity index (χ0n) is 27.4. The Morgan fingerprint density at radius 1 is 0.373 bits per heavy atom. The summed E-state index contributed by atoms with van der Waals surface area (Å²) in [7, 11) is 0. The van der Waals surface area contributed by atoms with Crippen molar-refractivity contribution in [1.29, 1.82) is 0 Å². The largest absolute Gasteiger partial charge is 0.455 e. The van der Waals surface area contributed by atoms with Gasteiger partial charge in [-0.3, -0.25) is 0 Å². The van der Waals surface area contributed by atoms with Crippen LogP contribution in [-0.4, -0.2) is 19.9 Å². The fraction of sp³-hybridized carbons (Fsp3) is 0. The molecule has 0 radical (unpaired) electrons. The van der Waals surface area contributed by atoms with Crippen LogP contribution in [0.1, 0.15) is 0 Å². The Bertz CT molecular complexity index is 2850. The van der Waals surface area contributed by atoms with Crippen LogP contribution in [0.5, 0.6) is 0 Å². The standard InChI is InChI=1S/C46H28N4O/c1-3-15-30(16-4-1)44-48-45(31-17-5-2-6-18-31)50-46(49-44)33-21-11-20-32(28-33)42-41-37-23-9-10-27-39(37)51-43(41)40-36(25-13-26-38(40)47-42)35-24-12-19-29-14-7-8-22-34(29)35/h1-28H. The Balaban J connectivity index is 1.21. The third-order valence-electron chi connectivity index (χ3n) is 9.51. The lowest BCUT2D eigenvalue weighted by molar-refractivity contribution is 0.672. The monoisotopic (exact) mass is 652 g/mol. The van der Waals surface area contributed by atoms with Gasteiger partial charge in [-0.25, -0.2) is 19.9 Å². The number of nitrogens with zero attached hydrogens (tertiary/aromatic N) is 4. The molecule has 0 atom stereocenters. The molecule has 5 heteroatoms. The van der Waals surface area contributed by atoms with E-state index in [9.17, 15) is 0 Å². The lowest BCUT2D eigenvalue weighted by Crippen LogP contribution is -2.00. The number of hydrogen-bond acceptors (Lipinski definition) is 5. The summed E-state index contributed by atoms with van der Waals surface area (Å²) in [5, 5.41) is 5.38. The van der Waals surface area contributed by atoms with Gasteiger partial charge < -0.3 is 4.42 Å². The molecule has 0 aliphatic carbocycles. The summed E-state index contributed by atoms with van der Waals surface area (Å²) in [5.41, 5.74) is 9.28. The normalized spacial score (nSPS) is 11.5. The zero-order valence-corrected chi connectivity index (χ0v) is 27.4. The summed E-state index contributed by atoms with van der Waals surface area (Å²) in [5.74, 6) is 1.84. The predicted molar refractivity (Wildman–Crippen MR) is 207 cm³/mol. The van der Waals surface area contributed by atoms with Gasteiger partial charge in [-0.1, -0.05) is 152 Å². The third-order valence-corrected chi connectivity index (χ3v) is 9.51. The van der Waals surface area contributed by atoms with Crippen molar-refractivity contribution >= 4 is 43.6 Å². The molecule has 51 heavy (non-hydrogen) atoms. The lowest BCUT2D eigenvalue weighted by Gasteiger charge is -2.13. The minimum absolute atomic E-state index is 0.594. The van der Waals surface area contributed by atoms with Gasteiger partial charge in [0.2, 0.25) is 0 Å². The minimum atomic E-state index is 0.594. The number of furan rings is 1. The second-order valence-electron chi connectivity index (χ2n) is 12.6. The maximum atomic E-state index is 6.77. The van der Waals surface area contributed by atoms with Crippen LogP contribution in [-0.2, 0) is 0 Å². The highest BCUT2D eigenvalue weighted by atomic mass is 16.3. The van der Waals surface area contributed by atoms with Crippen LogP contribution in [0, 0.1) is 0 Å². The molecular weight excluding hydrogens is 625 g/mol. The first-order valence-electron chi connectivity index (χ1n) is 17.0. The second kappa shape index (κ2) is 11.9. The van der Waals surface area contributed by atoms with E-state index in [0.29, 0.717) is 17.5 Å². The molecule has 10 rings (SSSR count). The molecule has 238 valence electrons. The molecule has 0 unspecified atom stereocenters. The first kappa shape index (κ1) is 29.0. The number of pyridine rings is 1. The van der Waals surface area contributed by atoms with Crippen LogP contribution < -0.4 is 0 Å². The minimum Gasteiger partial charge on any atom is -0.455 e. The fourth-order valence-electron chi connectivity index (χ4n) is 7.14. The van der Waals surface area contributed by atoms with Gasteiger partial charge in [0, 0.05) is 27.6 Å². The van der Waals surface area contributed by atoms with Crippen molar-refractivity contribution in [1.82, 2.24) is 19.9 Å². The van der Waals surface area contributed by atoms with Crippen molar-refractivity contribution in [2.24, 2.45) is 0 Å². The lowest BCUT2D eigenvalue weighted by atomic mass is 9.93. The first-order valence-corrected chi connectivity index (χ1v) is 17.0. The first-order chi connectivity index (χ1) is 25.3. The van der Waals surface area contributed by atoms with Gasteiger partial charge in [-0.15, -0.1) is 0 Å². The topological polar surface area (TPSA) is 64.7 Å². The molecule has 5 nitrogen and oxygen atoms in total.